The van der Waals surface area contributed by atoms with Crippen molar-refractivity contribution >= 4 is 22.4 Å². The first kappa shape index (κ1) is 14.8. The van der Waals surface area contributed by atoms with Gasteiger partial charge in [0.05, 0.1) is 0 Å². The lowest BCUT2D eigenvalue weighted by Gasteiger charge is -2.13. The van der Waals surface area contributed by atoms with Crippen LogP contribution in [0.15, 0.2) is 37.0 Å². The second-order valence-corrected chi connectivity index (χ2v) is 6.05. The van der Waals surface area contributed by atoms with E-state index in [1.807, 2.05) is 29.0 Å². The van der Waals surface area contributed by atoms with Crippen LogP contribution in [0.5, 0.6) is 0 Å². The Balaban J connectivity index is 1.84. The van der Waals surface area contributed by atoms with E-state index in [1.165, 1.54) is 0 Å². The molecule has 3 nitrogen and oxygen atoms in total. The number of alkyl halides is 2. The zero-order chi connectivity index (χ0) is 15.9. The molecule has 1 aliphatic carbocycles. The molecule has 116 valence electrons. The van der Waals surface area contributed by atoms with E-state index in [-0.39, 0.29) is 24.3 Å². The van der Waals surface area contributed by atoms with E-state index in [0.29, 0.717) is 18.5 Å². The third kappa shape index (κ3) is 2.75. The SMILES string of the molecule is C=C(C(N)=O)c1ccc2c(ccn2CC2CCC(F)(F)C2)c1. The van der Waals surface area contributed by atoms with Gasteiger partial charge in [0.2, 0.25) is 11.8 Å². The first-order valence-electron chi connectivity index (χ1n) is 7.31. The number of aromatic nitrogens is 1. The number of hydrogen-bond donors (Lipinski definition) is 1. The summed E-state index contributed by atoms with van der Waals surface area (Å²) in [4.78, 5) is 11.2. The fraction of sp³-hybridized carbons (Fsp3) is 0.353. The van der Waals surface area contributed by atoms with Crippen molar-refractivity contribution < 1.29 is 13.6 Å². The van der Waals surface area contributed by atoms with Crippen molar-refractivity contribution in [2.75, 3.05) is 0 Å². The van der Waals surface area contributed by atoms with Crippen LogP contribution in [-0.4, -0.2) is 16.4 Å². The number of hydrogen-bond acceptors (Lipinski definition) is 1. The Kier molecular flexibility index (Phi) is 3.51. The lowest BCUT2D eigenvalue weighted by molar-refractivity contribution is -0.112. The second-order valence-electron chi connectivity index (χ2n) is 6.05. The fourth-order valence-electron chi connectivity index (χ4n) is 3.17. The Morgan fingerprint density at radius 3 is 2.82 bits per heavy atom. The topological polar surface area (TPSA) is 48.0 Å². The first-order chi connectivity index (χ1) is 10.4. The highest BCUT2D eigenvalue weighted by Crippen LogP contribution is 2.39. The molecule has 0 bridgehead atoms. The molecule has 0 radical (unpaired) electrons. The van der Waals surface area contributed by atoms with Crippen molar-refractivity contribution in [2.24, 2.45) is 11.7 Å². The number of primary amides is 1. The third-order valence-corrected chi connectivity index (χ3v) is 4.38. The van der Waals surface area contributed by atoms with Crippen molar-refractivity contribution in [3.05, 3.63) is 42.6 Å². The number of nitrogens with zero attached hydrogens (tertiary/aromatic N) is 1. The molecule has 5 heteroatoms. The molecule has 2 aromatic rings. The molecule has 22 heavy (non-hydrogen) atoms. The molecule has 1 amide bonds. The average molecular weight is 304 g/mol. The Morgan fingerprint density at radius 2 is 2.18 bits per heavy atom. The summed E-state index contributed by atoms with van der Waals surface area (Å²) in [6, 6.07) is 7.43. The predicted octanol–water partition coefficient (Wildman–Crippen LogP) is 3.58. The van der Waals surface area contributed by atoms with Gasteiger partial charge in [0, 0.05) is 42.1 Å². The van der Waals surface area contributed by atoms with Crippen LogP contribution in [-0.2, 0) is 11.3 Å². The number of rotatable bonds is 4. The van der Waals surface area contributed by atoms with Gasteiger partial charge in [-0.3, -0.25) is 4.79 Å². The number of nitrogens with two attached hydrogens (primary N) is 1. The van der Waals surface area contributed by atoms with Gasteiger partial charge in [0.1, 0.15) is 0 Å². The van der Waals surface area contributed by atoms with Crippen LogP contribution >= 0.6 is 0 Å². The van der Waals surface area contributed by atoms with E-state index >= 15 is 0 Å². The number of amides is 1. The molecule has 1 fully saturated rings. The zero-order valence-corrected chi connectivity index (χ0v) is 12.2. The van der Waals surface area contributed by atoms with Crippen LogP contribution in [0, 0.1) is 5.92 Å². The van der Waals surface area contributed by atoms with Gasteiger partial charge in [-0.25, -0.2) is 8.78 Å². The first-order valence-corrected chi connectivity index (χ1v) is 7.31. The minimum Gasteiger partial charge on any atom is -0.366 e. The zero-order valence-electron chi connectivity index (χ0n) is 12.2. The number of carbonyl (C=O) groups is 1. The van der Waals surface area contributed by atoms with Crippen molar-refractivity contribution in [3.8, 4) is 0 Å². The molecule has 0 saturated heterocycles. The van der Waals surface area contributed by atoms with Crippen LogP contribution < -0.4 is 5.73 Å². The second kappa shape index (κ2) is 5.23. The van der Waals surface area contributed by atoms with Gasteiger partial charge < -0.3 is 10.3 Å². The molecule has 3 rings (SSSR count). The van der Waals surface area contributed by atoms with E-state index in [1.54, 1.807) is 6.07 Å². The molecule has 1 unspecified atom stereocenters. The minimum absolute atomic E-state index is 0.00543. The summed E-state index contributed by atoms with van der Waals surface area (Å²) in [7, 11) is 0. The van der Waals surface area contributed by atoms with E-state index in [4.69, 9.17) is 5.73 Å². The normalized spacial score (nSPS) is 20.4. The average Bonchev–Trinajstić information content (AvgIpc) is 3.01. The highest BCUT2D eigenvalue weighted by Gasteiger charge is 2.39. The quantitative estimate of drug-likeness (QED) is 0.862. The van der Waals surface area contributed by atoms with E-state index in [0.717, 1.165) is 10.9 Å². The number of halogens is 2. The van der Waals surface area contributed by atoms with E-state index in [9.17, 15) is 13.6 Å². The summed E-state index contributed by atoms with van der Waals surface area (Å²) in [5, 5.41) is 0.949. The molecule has 1 atom stereocenters. The Hall–Kier alpha value is -2.17. The molecule has 1 aromatic carbocycles. The van der Waals surface area contributed by atoms with Crippen LogP contribution in [0.1, 0.15) is 24.8 Å². The molecular formula is C17H18F2N2O. The van der Waals surface area contributed by atoms with Gasteiger partial charge in [-0.1, -0.05) is 12.6 Å². The lowest BCUT2D eigenvalue weighted by atomic mass is 10.0. The predicted molar refractivity (Wildman–Crippen MR) is 82.5 cm³/mol. The maximum absolute atomic E-state index is 13.3. The van der Waals surface area contributed by atoms with Crippen LogP contribution in [0.2, 0.25) is 0 Å². The summed E-state index contributed by atoms with van der Waals surface area (Å²) in [5.74, 6) is -3.06. The van der Waals surface area contributed by atoms with Gasteiger partial charge in [0.25, 0.3) is 0 Å². The van der Waals surface area contributed by atoms with Crippen molar-refractivity contribution in [1.29, 1.82) is 0 Å². The molecule has 0 aliphatic heterocycles. The molecule has 0 spiro atoms. The van der Waals surface area contributed by atoms with Gasteiger partial charge in [-0.05, 0) is 36.1 Å². The van der Waals surface area contributed by atoms with Crippen LogP contribution in [0.25, 0.3) is 16.5 Å². The van der Waals surface area contributed by atoms with E-state index < -0.39 is 11.8 Å². The highest BCUT2D eigenvalue weighted by molar-refractivity contribution is 6.18. The van der Waals surface area contributed by atoms with Gasteiger partial charge in [-0.2, -0.15) is 0 Å². The van der Waals surface area contributed by atoms with E-state index in [2.05, 4.69) is 6.58 Å². The summed E-state index contributed by atoms with van der Waals surface area (Å²) in [6.45, 7) is 4.26. The Morgan fingerprint density at radius 1 is 1.41 bits per heavy atom. The molecular weight excluding hydrogens is 286 g/mol. The standard InChI is InChI=1S/C17H18F2N2O/c1-11(16(20)22)13-2-3-15-14(8-13)5-7-21(15)10-12-4-6-17(18,19)9-12/h2-3,5,7-8,12H,1,4,6,9-10H2,(H2,20,22). The summed E-state index contributed by atoms with van der Waals surface area (Å²) >= 11 is 0. The summed E-state index contributed by atoms with van der Waals surface area (Å²) in [5.41, 5.74) is 7.16. The molecule has 1 saturated carbocycles. The van der Waals surface area contributed by atoms with Gasteiger partial charge >= 0.3 is 0 Å². The maximum atomic E-state index is 13.3. The van der Waals surface area contributed by atoms with Gasteiger partial charge in [-0.15, -0.1) is 0 Å². The third-order valence-electron chi connectivity index (χ3n) is 4.38. The highest BCUT2D eigenvalue weighted by atomic mass is 19.3. The molecule has 2 N–H and O–H groups in total. The maximum Gasteiger partial charge on any atom is 0.248 e. The van der Waals surface area contributed by atoms with Crippen molar-refractivity contribution in [2.45, 2.75) is 31.7 Å². The molecule has 1 heterocycles. The van der Waals surface area contributed by atoms with Crippen LogP contribution in [0.4, 0.5) is 8.78 Å². The minimum atomic E-state index is -2.51. The summed E-state index contributed by atoms with van der Waals surface area (Å²) in [6.07, 6.45) is 2.41. The van der Waals surface area contributed by atoms with Crippen molar-refractivity contribution in [3.63, 3.8) is 0 Å². The van der Waals surface area contributed by atoms with Crippen molar-refractivity contribution in [1.82, 2.24) is 4.57 Å². The molecule has 1 aliphatic rings. The monoisotopic (exact) mass is 304 g/mol. The number of benzene rings is 1. The largest absolute Gasteiger partial charge is 0.366 e. The smallest absolute Gasteiger partial charge is 0.248 e. The van der Waals surface area contributed by atoms with Crippen LogP contribution in [0.3, 0.4) is 0 Å². The molecule has 1 aromatic heterocycles. The Labute approximate surface area is 127 Å². The fourth-order valence-corrected chi connectivity index (χ4v) is 3.17. The Bertz CT molecular complexity index is 748. The van der Waals surface area contributed by atoms with Gasteiger partial charge in [0.15, 0.2) is 0 Å². The summed E-state index contributed by atoms with van der Waals surface area (Å²) < 4.78 is 28.6. The number of carbonyl (C=O) groups excluding carboxylic acids is 1. The lowest BCUT2D eigenvalue weighted by Crippen LogP contribution is -2.13. The number of fused-ring (bicyclic) bond motifs is 1.